The van der Waals surface area contributed by atoms with Crippen LogP contribution in [-0.4, -0.2) is 200 Å². The summed E-state index contributed by atoms with van der Waals surface area (Å²) in [5.74, 6) is 1.07. The molecule has 434 valence electrons. The average Bonchev–Trinajstić information content (AvgIpc) is 4.23. The van der Waals surface area contributed by atoms with E-state index in [-0.39, 0.29) is 83.3 Å². The molecule has 5 rings (SSSR count). The molecular weight excluding hydrogens is 1030 g/mol. The highest BCUT2D eigenvalue weighted by Gasteiger charge is 2.43. The lowest BCUT2D eigenvalue weighted by atomic mass is 10.0. The van der Waals surface area contributed by atoms with Crippen LogP contribution in [0.3, 0.4) is 0 Å². The van der Waals surface area contributed by atoms with E-state index in [1.165, 1.54) is 6.07 Å². The van der Waals surface area contributed by atoms with Gasteiger partial charge in [-0.15, -0.1) is 0 Å². The standard InChI is InChI=1S/C53H87N9O13S2/c1-2-15-54-47(65)34-38-32-39(50(66)57-18-9-22-72-26-30-74-28-24-70-20-7-16-55-45(63)13-5-3-11-43-48-41(36-76-43)59-52(68)61-48)35-40(33-38)51(67)58-19-10-23-73-27-31-75-29-25-71-21-8-17-56-46(64)14-6-4-12-44-49-42(37-77-44)60-53(69)62-49/h32-33,35,41-44,48-49H,2-31,34,36-37H2,1H3,(H,54,65)(H,55,63)(H,56,64)(H,57,66)(H,58,67)(H2,59,61,68)(H2,60,62,69). The van der Waals surface area contributed by atoms with Gasteiger partial charge in [0.2, 0.25) is 17.7 Å². The molecular formula is C53H87N9O13S2. The number of unbranched alkanes of at least 4 members (excludes halogenated alkanes) is 2. The van der Waals surface area contributed by atoms with Gasteiger partial charge in [0, 0.05) is 105 Å². The molecule has 1 aromatic carbocycles. The van der Waals surface area contributed by atoms with Gasteiger partial charge in [-0.1, -0.05) is 19.8 Å². The lowest BCUT2D eigenvalue weighted by Gasteiger charge is -2.16. The van der Waals surface area contributed by atoms with E-state index in [9.17, 15) is 33.6 Å². The van der Waals surface area contributed by atoms with Gasteiger partial charge in [-0.05, 0) is 81.5 Å². The van der Waals surface area contributed by atoms with E-state index >= 15 is 0 Å². The van der Waals surface area contributed by atoms with E-state index in [0.29, 0.717) is 167 Å². The van der Waals surface area contributed by atoms with E-state index < -0.39 is 0 Å². The second kappa shape index (κ2) is 38.2. The molecule has 9 N–H and O–H groups in total. The number of benzene rings is 1. The summed E-state index contributed by atoms with van der Waals surface area (Å²) < 4.78 is 33.7. The Kier molecular flexibility index (Phi) is 31.5. The van der Waals surface area contributed by atoms with Gasteiger partial charge in [-0.25, -0.2) is 9.59 Å². The van der Waals surface area contributed by atoms with Gasteiger partial charge < -0.3 is 76.3 Å². The van der Waals surface area contributed by atoms with Crippen molar-refractivity contribution in [2.24, 2.45) is 0 Å². The Labute approximate surface area is 463 Å². The van der Waals surface area contributed by atoms with E-state index in [1.807, 2.05) is 30.4 Å². The van der Waals surface area contributed by atoms with E-state index in [0.717, 1.165) is 56.5 Å². The number of hydrogen-bond acceptors (Lipinski definition) is 15. The summed E-state index contributed by atoms with van der Waals surface area (Å²) in [5.41, 5.74) is 1.12. The Morgan fingerprint density at radius 2 is 0.844 bits per heavy atom. The van der Waals surface area contributed by atoms with Crippen molar-refractivity contribution >= 4 is 65.1 Å². The van der Waals surface area contributed by atoms with Crippen LogP contribution in [0.2, 0.25) is 0 Å². The normalized spacial score (nSPS) is 20.1. The van der Waals surface area contributed by atoms with Crippen LogP contribution < -0.4 is 47.9 Å². The molecule has 4 saturated heterocycles. The van der Waals surface area contributed by atoms with E-state index in [2.05, 4.69) is 47.9 Å². The number of fused-ring (bicyclic) bond motifs is 2. The fraction of sp³-hybridized carbons (Fsp3) is 0.755. The Hall–Kier alpha value is -4.43. The Morgan fingerprint density at radius 1 is 0.468 bits per heavy atom. The molecule has 0 bridgehead atoms. The maximum Gasteiger partial charge on any atom is 0.315 e. The van der Waals surface area contributed by atoms with Gasteiger partial charge in [-0.3, -0.25) is 24.0 Å². The summed E-state index contributed by atoms with van der Waals surface area (Å²) >= 11 is 3.78. The summed E-state index contributed by atoms with van der Waals surface area (Å²) in [4.78, 5) is 86.4. The minimum atomic E-state index is -0.358. The van der Waals surface area contributed by atoms with Crippen LogP contribution in [-0.2, 0) is 49.2 Å². The molecule has 0 radical (unpaired) electrons. The topological polar surface area (TPSA) is 283 Å². The van der Waals surface area contributed by atoms with Crippen LogP contribution in [0.4, 0.5) is 9.59 Å². The molecule has 24 heteroatoms. The fourth-order valence-electron chi connectivity index (χ4n) is 9.14. The monoisotopic (exact) mass is 1120 g/mol. The SMILES string of the molecule is CCCNC(=O)Cc1cc(C(=O)NCCCOCCOCCOCCCNC(=O)CCCCC2SCC3NC(=O)NC32)cc(C(=O)NCCCOCCOCCOCCCNC(=O)CCCCC2SCC3NC(=O)NC32)c1. The second-order valence-electron chi connectivity index (χ2n) is 19.5. The van der Waals surface area contributed by atoms with Gasteiger partial charge in [0.15, 0.2) is 0 Å². The Balaban J connectivity index is 0.799. The van der Waals surface area contributed by atoms with Crippen molar-refractivity contribution in [2.75, 3.05) is 124 Å². The lowest BCUT2D eigenvalue weighted by Crippen LogP contribution is -2.36. The maximum atomic E-state index is 13.2. The van der Waals surface area contributed by atoms with E-state index in [4.69, 9.17) is 28.4 Å². The summed E-state index contributed by atoms with van der Waals surface area (Å²) in [5, 5.41) is 27.3. The molecule has 4 heterocycles. The smallest absolute Gasteiger partial charge is 0.315 e. The number of urea groups is 2. The lowest BCUT2D eigenvalue weighted by molar-refractivity contribution is -0.122. The van der Waals surface area contributed by atoms with Gasteiger partial charge in [0.25, 0.3) is 11.8 Å². The molecule has 0 saturated carbocycles. The predicted octanol–water partition coefficient (Wildman–Crippen LogP) is 2.56. The third kappa shape index (κ3) is 25.9. The number of rotatable bonds is 44. The number of nitrogens with one attached hydrogen (secondary N) is 9. The zero-order valence-corrected chi connectivity index (χ0v) is 46.8. The zero-order chi connectivity index (χ0) is 54.7. The molecule has 0 aromatic heterocycles. The molecule has 4 fully saturated rings. The molecule has 0 spiro atoms. The van der Waals surface area contributed by atoms with Crippen LogP contribution >= 0.6 is 23.5 Å². The third-order valence-corrected chi connectivity index (χ3v) is 16.2. The number of carbonyl (C=O) groups excluding carboxylic acids is 7. The number of thioether (sulfide) groups is 2. The van der Waals surface area contributed by atoms with Crippen LogP contribution in [0.25, 0.3) is 0 Å². The van der Waals surface area contributed by atoms with Gasteiger partial charge in [0.1, 0.15) is 0 Å². The average molecular weight is 1120 g/mol. The molecule has 6 unspecified atom stereocenters. The summed E-state index contributed by atoms with van der Waals surface area (Å²) in [6.07, 6.45) is 9.94. The highest BCUT2D eigenvalue weighted by Crippen LogP contribution is 2.34. The highest BCUT2D eigenvalue weighted by atomic mass is 32.2. The van der Waals surface area contributed by atoms with Crippen molar-refractivity contribution in [2.45, 2.75) is 131 Å². The number of amides is 9. The number of carbonyl (C=O) groups is 7. The van der Waals surface area contributed by atoms with Crippen LogP contribution in [0.15, 0.2) is 18.2 Å². The summed E-state index contributed by atoms with van der Waals surface area (Å²) in [6.45, 7) is 9.51. The first kappa shape index (κ1) is 63.4. The van der Waals surface area contributed by atoms with Gasteiger partial charge in [0.05, 0.1) is 83.4 Å². The molecule has 1 aromatic rings. The molecule has 0 aliphatic carbocycles. The largest absolute Gasteiger partial charge is 0.379 e. The quantitative estimate of drug-likeness (QED) is 0.0336. The number of hydrogen-bond donors (Lipinski definition) is 9. The zero-order valence-electron chi connectivity index (χ0n) is 45.2. The van der Waals surface area contributed by atoms with Crippen LogP contribution in [0, 0.1) is 0 Å². The third-order valence-electron chi connectivity index (χ3n) is 13.2. The fourth-order valence-corrected chi connectivity index (χ4v) is 12.2. The van der Waals surface area contributed by atoms with Crippen molar-refractivity contribution in [1.29, 1.82) is 0 Å². The highest BCUT2D eigenvalue weighted by molar-refractivity contribution is 8.00. The van der Waals surface area contributed by atoms with Crippen molar-refractivity contribution in [3.05, 3.63) is 34.9 Å². The van der Waals surface area contributed by atoms with Crippen molar-refractivity contribution in [1.82, 2.24) is 47.9 Å². The van der Waals surface area contributed by atoms with Crippen LogP contribution in [0.5, 0.6) is 0 Å². The number of ether oxygens (including phenoxy) is 6. The van der Waals surface area contributed by atoms with Crippen molar-refractivity contribution < 1.29 is 62.0 Å². The molecule has 4 aliphatic heterocycles. The molecule has 22 nitrogen and oxygen atoms in total. The van der Waals surface area contributed by atoms with Crippen molar-refractivity contribution in [3.63, 3.8) is 0 Å². The first-order valence-electron chi connectivity index (χ1n) is 27.9. The van der Waals surface area contributed by atoms with E-state index in [1.54, 1.807) is 12.1 Å². The predicted molar refractivity (Wildman–Crippen MR) is 295 cm³/mol. The molecule has 77 heavy (non-hydrogen) atoms. The minimum Gasteiger partial charge on any atom is -0.379 e. The summed E-state index contributed by atoms with van der Waals surface area (Å²) in [6, 6.07) is 5.51. The maximum absolute atomic E-state index is 13.2. The Bertz CT molecular complexity index is 1840. The van der Waals surface area contributed by atoms with Gasteiger partial charge in [-0.2, -0.15) is 23.5 Å². The Morgan fingerprint density at radius 3 is 1.25 bits per heavy atom. The van der Waals surface area contributed by atoms with Gasteiger partial charge >= 0.3 is 12.1 Å². The minimum absolute atomic E-state index is 0.0293. The van der Waals surface area contributed by atoms with Crippen LogP contribution in [0.1, 0.15) is 117 Å². The second-order valence-corrected chi connectivity index (χ2v) is 22.0. The summed E-state index contributed by atoms with van der Waals surface area (Å²) in [7, 11) is 0. The molecule has 9 amide bonds. The first-order chi connectivity index (χ1) is 37.6. The molecule has 6 atom stereocenters. The first-order valence-corrected chi connectivity index (χ1v) is 30.0. The molecule has 4 aliphatic rings. The van der Waals surface area contributed by atoms with Crippen molar-refractivity contribution in [3.8, 4) is 0 Å².